The summed E-state index contributed by atoms with van der Waals surface area (Å²) in [5.41, 5.74) is 1.82. The minimum Gasteiger partial charge on any atom is -0.375 e. The Morgan fingerprint density at radius 1 is 1.03 bits per heavy atom. The molecule has 1 unspecified atom stereocenters. The van der Waals surface area contributed by atoms with Gasteiger partial charge in [-0.2, -0.15) is 0 Å². The van der Waals surface area contributed by atoms with Crippen LogP contribution < -0.4 is 20.9 Å². The minimum absolute atomic E-state index is 0.000857. The number of rotatable bonds is 5. The van der Waals surface area contributed by atoms with E-state index in [4.69, 9.17) is 0 Å². The van der Waals surface area contributed by atoms with E-state index in [0.29, 0.717) is 18.7 Å². The Morgan fingerprint density at radius 3 is 2.53 bits per heavy atom. The van der Waals surface area contributed by atoms with Gasteiger partial charge in [0.05, 0.1) is 11.6 Å². The van der Waals surface area contributed by atoms with Crippen molar-refractivity contribution < 1.29 is 14.4 Å². The summed E-state index contributed by atoms with van der Waals surface area (Å²) in [4.78, 5) is 42.9. The highest BCUT2D eigenvalue weighted by Gasteiger charge is 2.47. The van der Waals surface area contributed by atoms with Crippen molar-refractivity contribution >= 4 is 41.0 Å². The van der Waals surface area contributed by atoms with Crippen LogP contribution in [0.1, 0.15) is 18.4 Å². The van der Waals surface area contributed by atoms with E-state index in [1.165, 1.54) is 16.3 Å². The summed E-state index contributed by atoms with van der Waals surface area (Å²) in [5.74, 6) is 0.500. The molecule has 2 aromatic carbocycles. The quantitative estimate of drug-likeness (QED) is 0.604. The molecule has 1 atom stereocenters. The van der Waals surface area contributed by atoms with E-state index in [1.54, 1.807) is 23.9 Å². The molecule has 3 aliphatic rings. The van der Waals surface area contributed by atoms with Crippen molar-refractivity contribution in [2.75, 3.05) is 42.3 Å². The molecule has 2 aromatic rings. The molecule has 2 fully saturated rings. The van der Waals surface area contributed by atoms with Gasteiger partial charge in [0.2, 0.25) is 5.91 Å². The van der Waals surface area contributed by atoms with E-state index >= 15 is 0 Å². The largest absolute Gasteiger partial charge is 0.375 e. The summed E-state index contributed by atoms with van der Waals surface area (Å²) < 4.78 is 0. The maximum atomic E-state index is 13.0. The van der Waals surface area contributed by atoms with Crippen molar-refractivity contribution in [2.24, 2.45) is 0 Å². The number of carbonyl (C=O) groups excluding carboxylic acids is 3. The van der Waals surface area contributed by atoms with Gasteiger partial charge in [0.1, 0.15) is 5.54 Å². The molecular weight excluding hydrogens is 426 g/mol. The van der Waals surface area contributed by atoms with Crippen LogP contribution in [0.2, 0.25) is 0 Å². The summed E-state index contributed by atoms with van der Waals surface area (Å²) >= 11 is 1.80. The molecule has 0 radical (unpaired) electrons. The standard InChI is InChI=1S/C23H25N5O3S/c29-20(8-9-23(16-4-2-1-3-5-16)21(30)25-22(31)26-23)28-12-10-27(11-13-28)17-6-7-19-18(14-17)24-15-32-19/h1-7,14,24H,8-13,15H2,(H2,25,26,30,31). The van der Waals surface area contributed by atoms with Gasteiger partial charge in [0.15, 0.2) is 0 Å². The zero-order valence-electron chi connectivity index (χ0n) is 17.6. The first-order valence-corrected chi connectivity index (χ1v) is 11.8. The van der Waals surface area contributed by atoms with Crippen molar-refractivity contribution in [3.63, 3.8) is 0 Å². The number of nitrogens with zero attached hydrogens (tertiary/aromatic N) is 2. The number of hydrogen-bond donors (Lipinski definition) is 3. The molecule has 166 valence electrons. The van der Waals surface area contributed by atoms with Crippen LogP contribution in [0.15, 0.2) is 53.4 Å². The van der Waals surface area contributed by atoms with Crippen molar-refractivity contribution in [3.8, 4) is 0 Å². The zero-order valence-corrected chi connectivity index (χ0v) is 18.4. The molecule has 0 spiro atoms. The van der Waals surface area contributed by atoms with Gasteiger partial charge in [-0.3, -0.25) is 14.9 Å². The predicted octanol–water partition coefficient (Wildman–Crippen LogP) is 2.33. The summed E-state index contributed by atoms with van der Waals surface area (Å²) in [6.07, 6.45) is 0.407. The number of amides is 4. The van der Waals surface area contributed by atoms with E-state index in [2.05, 4.69) is 39.0 Å². The maximum Gasteiger partial charge on any atom is 0.322 e. The van der Waals surface area contributed by atoms with Crippen molar-refractivity contribution in [2.45, 2.75) is 23.3 Å². The molecule has 5 rings (SSSR count). The van der Waals surface area contributed by atoms with Gasteiger partial charge in [0, 0.05) is 43.2 Å². The highest BCUT2D eigenvalue weighted by molar-refractivity contribution is 7.99. The Labute approximate surface area is 190 Å². The Kier molecular flexibility index (Phi) is 5.42. The number of piperazine rings is 1. The van der Waals surface area contributed by atoms with Crippen LogP contribution in [0.3, 0.4) is 0 Å². The van der Waals surface area contributed by atoms with Gasteiger partial charge in [-0.15, -0.1) is 11.8 Å². The molecule has 0 aromatic heterocycles. The molecule has 0 aliphatic carbocycles. The van der Waals surface area contributed by atoms with Crippen LogP contribution in [-0.4, -0.2) is 54.8 Å². The number of nitrogens with one attached hydrogen (secondary N) is 3. The van der Waals surface area contributed by atoms with Crippen LogP contribution in [0.4, 0.5) is 16.2 Å². The number of fused-ring (bicyclic) bond motifs is 1. The normalized spacial score (nSPS) is 22.2. The van der Waals surface area contributed by atoms with Gasteiger partial charge in [-0.1, -0.05) is 30.3 Å². The molecule has 9 heteroatoms. The van der Waals surface area contributed by atoms with E-state index in [-0.39, 0.29) is 18.7 Å². The van der Waals surface area contributed by atoms with Crippen molar-refractivity contribution in [1.82, 2.24) is 15.5 Å². The highest BCUT2D eigenvalue weighted by Crippen LogP contribution is 2.36. The van der Waals surface area contributed by atoms with E-state index in [9.17, 15) is 14.4 Å². The third kappa shape index (κ3) is 3.77. The van der Waals surface area contributed by atoms with Gasteiger partial charge < -0.3 is 20.4 Å². The molecule has 3 N–H and O–H groups in total. The zero-order chi connectivity index (χ0) is 22.1. The number of imide groups is 1. The molecule has 0 saturated carbocycles. The average molecular weight is 452 g/mol. The summed E-state index contributed by atoms with van der Waals surface area (Å²) in [6.45, 7) is 2.79. The smallest absolute Gasteiger partial charge is 0.322 e. The summed E-state index contributed by atoms with van der Waals surface area (Å²) in [7, 11) is 0. The first kappa shape index (κ1) is 20.7. The maximum absolute atomic E-state index is 13.0. The number of anilines is 2. The fourth-order valence-corrected chi connectivity index (χ4v) is 5.41. The lowest BCUT2D eigenvalue weighted by atomic mass is 9.85. The second-order valence-corrected chi connectivity index (χ2v) is 9.21. The second-order valence-electron chi connectivity index (χ2n) is 8.19. The third-order valence-corrected chi connectivity index (χ3v) is 7.33. The van der Waals surface area contributed by atoms with E-state index < -0.39 is 17.5 Å². The van der Waals surface area contributed by atoms with Crippen molar-refractivity contribution in [1.29, 1.82) is 0 Å². The van der Waals surface area contributed by atoms with Gasteiger partial charge in [-0.25, -0.2) is 4.79 Å². The van der Waals surface area contributed by atoms with E-state index in [0.717, 1.165) is 19.0 Å². The second kappa shape index (κ2) is 8.38. The summed E-state index contributed by atoms with van der Waals surface area (Å²) in [5, 5.41) is 8.46. The molecule has 0 bridgehead atoms. The molecule has 3 heterocycles. The number of carbonyl (C=O) groups is 3. The summed E-state index contributed by atoms with van der Waals surface area (Å²) in [6, 6.07) is 15.0. The predicted molar refractivity (Wildman–Crippen MR) is 124 cm³/mol. The van der Waals surface area contributed by atoms with Gasteiger partial charge >= 0.3 is 6.03 Å². The lowest BCUT2D eigenvalue weighted by Crippen LogP contribution is -2.50. The molecular formula is C23H25N5O3S. The fraction of sp³-hybridized carbons (Fsp3) is 0.348. The Morgan fingerprint density at radius 2 is 1.81 bits per heavy atom. The fourth-order valence-electron chi connectivity index (χ4n) is 4.57. The number of benzene rings is 2. The number of urea groups is 1. The molecule has 8 nitrogen and oxygen atoms in total. The van der Waals surface area contributed by atoms with Crippen LogP contribution in [0.5, 0.6) is 0 Å². The van der Waals surface area contributed by atoms with Crippen LogP contribution in [0, 0.1) is 0 Å². The molecule has 3 aliphatic heterocycles. The molecule has 2 saturated heterocycles. The van der Waals surface area contributed by atoms with Crippen LogP contribution in [0.25, 0.3) is 0 Å². The minimum atomic E-state index is -1.20. The lowest BCUT2D eigenvalue weighted by molar-refractivity contribution is -0.132. The van der Waals surface area contributed by atoms with Gasteiger partial charge in [-0.05, 0) is 30.2 Å². The number of hydrogen-bond acceptors (Lipinski definition) is 6. The Hall–Kier alpha value is -3.20. The van der Waals surface area contributed by atoms with E-state index in [1.807, 2.05) is 23.1 Å². The average Bonchev–Trinajstić information content (AvgIpc) is 3.41. The first-order valence-electron chi connectivity index (χ1n) is 10.8. The SMILES string of the molecule is O=C1NC(=O)C(CCC(=O)N2CCN(c3ccc4c(c3)NCS4)CC2)(c2ccccc2)N1. The third-order valence-electron chi connectivity index (χ3n) is 6.37. The van der Waals surface area contributed by atoms with Crippen molar-refractivity contribution in [3.05, 3.63) is 54.1 Å². The monoisotopic (exact) mass is 451 g/mol. The molecule has 32 heavy (non-hydrogen) atoms. The van der Waals surface area contributed by atoms with Crippen LogP contribution >= 0.6 is 11.8 Å². The van der Waals surface area contributed by atoms with Crippen LogP contribution in [-0.2, 0) is 15.1 Å². The Balaban J connectivity index is 1.21. The molecule has 4 amide bonds. The first-order chi connectivity index (χ1) is 15.5. The number of thioether (sulfide) groups is 1. The topological polar surface area (TPSA) is 93.8 Å². The Bertz CT molecular complexity index is 1050. The highest BCUT2D eigenvalue weighted by atomic mass is 32.2. The van der Waals surface area contributed by atoms with Gasteiger partial charge in [0.25, 0.3) is 5.91 Å². The lowest BCUT2D eigenvalue weighted by Gasteiger charge is -2.37.